The van der Waals surface area contributed by atoms with Crippen molar-refractivity contribution in [2.75, 3.05) is 0 Å². The molecule has 24 heavy (non-hydrogen) atoms. The molecule has 1 aliphatic carbocycles. The van der Waals surface area contributed by atoms with Crippen LogP contribution in [0.2, 0.25) is 0 Å². The van der Waals surface area contributed by atoms with Crippen LogP contribution in [0.5, 0.6) is 0 Å². The van der Waals surface area contributed by atoms with Crippen LogP contribution < -0.4 is 5.56 Å². The highest BCUT2D eigenvalue weighted by molar-refractivity contribution is 7.98. The van der Waals surface area contributed by atoms with Crippen molar-refractivity contribution in [1.29, 1.82) is 0 Å². The Morgan fingerprint density at radius 2 is 2.29 bits per heavy atom. The minimum atomic E-state index is 0.0267. The van der Waals surface area contributed by atoms with Gasteiger partial charge < -0.3 is 4.98 Å². The zero-order valence-corrected chi connectivity index (χ0v) is 15.5. The third-order valence-corrected chi connectivity index (χ3v) is 6.69. The molecule has 1 aliphatic rings. The first kappa shape index (κ1) is 15.9. The van der Waals surface area contributed by atoms with Crippen LogP contribution in [0.1, 0.15) is 34.9 Å². The molecule has 0 amide bonds. The molecule has 2 aromatic heterocycles. The zero-order valence-electron chi connectivity index (χ0n) is 13.9. The lowest BCUT2D eigenvalue weighted by atomic mass is 9.89. The van der Waals surface area contributed by atoms with Gasteiger partial charge in [0.05, 0.1) is 5.39 Å². The molecule has 1 atom stereocenters. The van der Waals surface area contributed by atoms with Crippen molar-refractivity contribution in [3.63, 3.8) is 0 Å². The maximum absolute atomic E-state index is 12.6. The highest BCUT2D eigenvalue weighted by atomic mass is 32.2. The van der Waals surface area contributed by atoms with Gasteiger partial charge in [0.15, 0.2) is 5.16 Å². The summed E-state index contributed by atoms with van der Waals surface area (Å²) in [6, 6.07) is 8.45. The number of hydrogen-bond donors (Lipinski definition) is 1. The number of aromatic nitrogens is 2. The van der Waals surface area contributed by atoms with Crippen molar-refractivity contribution in [3.05, 3.63) is 56.2 Å². The average molecular weight is 357 g/mol. The topological polar surface area (TPSA) is 45.8 Å². The van der Waals surface area contributed by atoms with Gasteiger partial charge in [0.2, 0.25) is 0 Å². The van der Waals surface area contributed by atoms with Gasteiger partial charge >= 0.3 is 0 Å². The Morgan fingerprint density at radius 1 is 1.42 bits per heavy atom. The molecule has 1 aromatic carbocycles. The fourth-order valence-corrected chi connectivity index (χ4v) is 5.60. The minimum absolute atomic E-state index is 0.0267. The van der Waals surface area contributed by atoms with E-state index in [0.29, 0.717) is 5.92 Å². The molecule has 0 spiro atoms. The molecule has 5 heteroatoms. The number of thiophene rings is 1. The van der Waals surface area contributed by atoms with Gasteiger partial charge in [-0.25, -0.2) is 4.98 Å². The number of rotatable bonds is 3. The molecular weight excluding hydrogens is 336 g/mol. The molecule has 0 fully saturated rings. The van der Waals surface area contributed by atoms with E-state index in [4.69, 9.17) is 4.98 Å². The summed E-state index contributed by atoms with van der Waals surface area (Å²) in [5.74, 6) is 1.53. The van der Waals surface area contributed by atoms with Crippen LogP contribution in [0, 0.1) is 12.8 Å². The van der Waals surface area contributed by atoms with Crippen LogP contribution in [0.25, 0.3) is 10.2 Å². The van der Waals surface area contributed by atoms with E-state index in [1.54, 1.807) is 23.1 Å². The first-order chi connectivity index (χ1) is 11.6. The Kier molecular flexibility index (Phi) is 4.22. The Balaban J connectivity index is 1.64. The molecule has 0 bridgehead atoms. The predicted molar refractivity (Wildman–Crippen MR) is 102 cm³/mol. The van der Waals surface area contributed by atoms with E-state index in [9.17, 15) is 4.79 Å². The molecule has 0 saturated carbocycles. The highest BCUT2D eigenvalue weighted by Gasteiger charge is 2.23. The lowest BCUT2D eigenvalue weighted by Crippen LogP contribution is -2.13. The van der Waals surface area contributed by atoms with Gasteiger partial charge in [-0.2, -0.15) is 0 Å². The average Bonchev–Trinajstić information content (AvgIpc) is 2.90. The van der Waals surface area contributed by atoms with Crippen molar-refractivity contribution in [3.8, 4) is 0 Å². The van der Waals surface area contributed by atoms with Crippen molar-refractivity contribution in [2.45, 2.75) is 44.0 Å². The van der Waals surface area contributed by atoms with Crippen LogP contribution in [-0.2, 0) is 18.6 Å². The van der Waals surface area contributed by atoms with Gasteiger partial charge in [0, 0.05) is 10.6 Å². The lowest BCUT2D eigenvalue weighted by Gasteiger charge is -2.17. The monoisotopic (exact) mass is 356 g/mol. The van der Waals surface area contributed by atoms with E-state index in [1.165, 1.54) is 28.0 Å². The normalized spacial score (nSPS) is 17.2. The smallest absolute Gasteiger partial charge is 0.260 e. The van der Waals surface area contributed by atoms with E-state index in [1.807, 2.05) is 0 Å². The van der Waals surface area contributed by atoms with E-state index in [-0.39, 0.29) is 5.56 Å². The molecule has 0 saturated heterocycles. The maximum Gasteiger partial charge on any atom is 0.260 e. The summed E-state index contributed by atoms with van der Waals surface area (Å²) in [4.78, 5) is 22.6. The van der Waals surface area contributed by atoms with Crippen molar-refractivity contribution >= 4 is 33.3 Å². The molecule has 0 radical (unpaired) electrons. The summed E-state index contributed by atoms with van der Waals surface area (Å²) in [5.41, 5.74) is 3.78. The summed E-state index contributed by atoms with van der Waals surface area (Å²) >= 11 is 3.31. The third kappa shape index (κ3) is 3.03. The zero-order chi connectivity index (χ0) is 16.7. The fraction of sp³-hybridized carbons (Fsp3) is 0.368. The van der Waals surface area contributed by atoms with Crippen LogP contribution >= 0.6 is 23.1 Å². The summed E-state index contributed by atoms with van der Waals surface area (Å²) in [6.45, 7) is 4.38. The van der Waals surface area contributed by atoms with Crippen LogP contribution in [0.15, 0.2) is 34.2 Å². The quantitative estimate of drug-likeness (QED) is 0.546. The third-order valence-electron chi connectivity index (χ3n) is 4.60. The van der Waals surface area contributed by atoms with Gasteiger partial charge in [-0.1, -0.05) is 48.5 Å². The van der Waals surface area contributed by atoms with Crippen LogP contribution in [0.4, 0.5) is 0 Å². The number of thioether (sulfide) groups is 1. The SMILES string of the molecule is Cc1cccc(CSc2nc3sc4c(c3c(=O)[nH]2)CCC(C)C4)c1. The number of benzene rings is 1. The summed E-state index contributed by atoms with van der Waals surface area (Å²) in [6.07, 6.45) is 3.26. The molecule has 1 unspecified atom stereocenters. The van der Waals surface area contributed by atoms with Crippen molar-refractivity contribution in [2.24, 2.45) is 5.92 Å². The van der Waals surface area contributed by atoms with Crippen molar-refractivity contribution in [1.82, 2.24) is 9.97 Å². The Bertz CT molecular complexity index is 958. The van der Waals surface area contributed by atoms with E-state index in [2.05, 4.69) is 43.1 Å². The first-order valence-electron chi connectivity index (χ1n) is 8.33. The number of H-pyrrole nitrogens is 1. The maximum atomic E-state index is 12.6. The van der Waals surface area contributed by atoms with Gasteiger partial charge in [0.1, 0.15) is 4.83 Å². The molecule has 4 rings (SSSR count). The number of fused-ring (bicyclic) bond motifs is 3. The fourth-order valence-electron chi connectivity index (χ4n) is 3.35. The van der Waals surface area contributed by atoms with Gasteiger partial charge in [-0.3, -0.25) is 4.79 Å². The number of nitrogens with zero attached hydrogens (tertiary/aromatic N) is 1. The molecular formula is C19H20N2OS2. The Hall–Kier alpha value is -1.59. The standard InChI is InChI=1S/C19H20N2OS2/c1-11-4-3-5-13(8-11)10-23-19-20-17(22)16-14-7-6-12(2)9-15(14)24-18(16)21-19/h3-5,8,12H,6-7,9-10H2,1-2H3,(H,20,21,22). The molecule has 124 valence electrons. The van der Waals surface area contributed by atoms with Crippen LogP contribution in [-0.4, -0.2) is 9.97 Å². The number of hydrogen-bond acceptors (Lipinski definition) is 4. The van der Waals surface area contributed by atoms with E-state index in [0.717, 1.165) is 34.0 Å². The van der Waals surface area contributed by atoms with Crippen molar-refractivity contribution < 1.29 is 0 Å². The Morgan fingerprint density at radius 3 is 3.12 bits per heavy atom. The van der Waals surface area contributed by atoms with Gasteiger partial charge in [-0.05, 0) is 43.2 Å². The lowest BCUT2D eigenvalue weighted by molar-refractivity contribution is 0.509. The second-order valence-electron chi connectivity index (χ2n) is 6.68. The second-order valence-corrected chi connectivity index (χ2v) is 8.73. The molecule has 3 nitrogen and oxygen atoms in total. The van der Waals surface area contributed by atoms with Gasteiger partial charge in [-0.15, -0.1) is 11.3 Å². The molecule has 0 aliphatic heterocycles. The molecule has 1 N–H and O–H groups in total. The largest absolute Gasteiger partial charge is 0.301 e. The number of aromatic amines is 1. The Labute approximate surface area is 149 Å². The predicted octanol–water partition coefficient (Wildman–Crippen LogP) is 4.71. The summed E-state index contributed by atoms with van der Waals surface area (Å²) in [5, 5.41) is 1.56. The summed E-state index contributed by atoms with van der Waals surface area (Å²) < 4.78 is 0. The second kappa shape index (κ2) is 6.37. The number of aryl methyl sites for hydroxylation is 2. The molecule has 2 heterocycles. The summed E-state index contributed by atoms with van der Waals surface area (Å²) in [7, 11) is 0. The minimum Gasteiger partial charge on any atom is -0.301 e. The highest BCUT2D eigenvalue weighted by Crippen LogP contribution is 2.36. The van der Waals surface area contributed by atoms with Gasteiger partial charge in [0.25, 0.3) is 5.56 Å². The first-order valence-corrected chi connectivity index (χ1v) is 10.1. The molecule has 3 aromatic rings. The van der Waals surface area contributed by atoms with E-state index >= 15 is 0 Å². The number of nitrogens with one attached hydrogen (secondary N) is 1. The van der Waals surface area contributed by atoms with E-state index < -0.39 is 0 Å². The van der Waals surface area contributed by atoms with Crippen LogP contribution in [0.3, 0.4) is 0 Å².